The zero-order valence-corrected chi connectivity index (χ0v) is 16.9. The lowest BCUT2D eigenvalue weighted by Gasteiger charge is -2.30. The number of benzene rings is 1. The van der Waals surface area contributed by atoms with Gasteiger partial charge in [-0.3, -0.25) is 18.7 Å². The van der Waals surface area contributed by atoms with Gasteiger partial charge in [0.15, 0.2) is 5.78 Å². The van der Waals surface area contributed by atoms with Crippen LogP contribution < -0.4 is 0 Å². The molecule has 31 heavy (non-hydrogen) atoms. The van der Waals surface area contributed by atoms with E-state index in [4.69, 9.17) is 0 Å². The Morgan fingerprint density at radius 2 is 2.00 bits per heavy atom. The number of aromatic hydroxyl groups is 1. The summed E-state index contributed by atoms with van der Waals surface area (Å²) in [6.45, 7) is 1.42. The van der Waals surface area contributed by atoms with Gasteiger partial charge in [0.2, 0.25) is 5.78 Å². The molecule has 1 fully saturated rings. The molecule has 0 spiro atoms. The minimum absolute atomic E-state index is 0.0324. The van der Waals surface area contributed by atoms with E-state index < -0.39 is 0 Å². The van der Waals surface area contributed by atoms with Crippen LogP contribution in [0.25, 0.3) is 17.0 Å². The van der Waals surface area contributed by atoms with Gasteiger partial charge < -0.3 is 10.0 Å². The lowest BCUT2D eigenvalue weighted by Crippen LogP contribution is -2.42. The third-order valence-electron chi connectivity index (χ3n) is 5.44. The summed E-state index contributed by atoms with van der Waals surface area (Å²) in [6.07, 6.45) is 6.08. The van der Waals surface area contributed by atoms with Gasteiger partial charge in [-0.2, -0.15) is 5.10 Å². The van der Waals surface area contributed by atoms with Crippen LogP contribution in [-0.2, 0) is 13.5 Å². The molecule has 1 N–H and O–H groups in total. The number of likely N-dealkylation sites (tertiary alicyclic amines) is 1. The number of phenolic OH excluding ortho intramolecular Hbond substituents is 1. The summed E-state index contributed by atoms with van der Waals surface area (Å²) in [4.78, 5) is 36.4. The first kappa shape index (κ1) is 19.0. The molecule has 3 aromatic heterocycles. The fourth-order valence-corrected chi connectivity index (χ4v) is 3.67. The Hall–Kier alpha value is -4.01. The molecular weight excluding hydrogens is 396 g/mol. The van der Waals surface area contributed by atoms with Gasteiger partial charge in [0.05, 0.1) is 29.6 Å². The Balaban J connectivity index is 1.41. The van der Waals surface area contributed by atoms with Crippen molar-refractivity contribution in [1.29, 1.82) is 0 Å². The Bertz CT molecular complexity index is 1320. The maximum Gasteiger partial charge on any atom is 0.257 e. The number of carbonyl (C=O) groups excluding carboxylic acids is 2. The maximum atomic E-state index is 13.0. The number of rotatable bonds is 5. The molecule has 0 saturated carbocycles. The van der Waals surface area contributed by atoms with Gasteiger partial charge in [0.25, 0.3) is 5.91 Å². The van der Waals surface area contributed by atoms with Gasteiger partial charge in [-0.15, -0.1) is 0 Å². The van der Waals surface area contributed by atoms with Crippen LogP contribution in [0, 0.1) is 0 Å². The lowest BCUT2D eigenvalue weighted by molar-refractivity contribution is 0.0647. The SMILES string of the molecule is Cn1ncc(C(=O)N2CCC2)c1C(=O)Cc1ccn2cc(-c3cccc(O)c3)nc2n1. The highest BCUT2D eigenvalue weighted by atomic mass is 16.3. The zero-order chi connectivity index (χ0) is 21.5. The quantitative estimate of drug-likeness (QED) is 0.500. The van der Waals surface area contributed by atoms with Crippen LogP contribution in [0.15, 0.2) is 48.9 Å². The second-order valence-electron chi connectivity index (χ2n) is 7.58. The van der Waals surface area contributed by atoms with Crippen molar-refractivity contribution in [1.82, 2.24) is 29.0 Å². The van der Waals surface area contributed by atoms with E-state index >= 15 is 0 Å². The van der Waals surface area contributed by atoms with Crippen LogP contribution in [0.4, 0.5) is 0 Å². The monoisotopic (exact) mass is 416 g/mol. The third kappa shape index (κ3) is 3.43. The summed E-state index contributed by atoms with van der Waals surface area (Å²) in [5, 5.41) is 13.8. The summed E-state index contributed by atoms with van der Waals surface area (Å²) in [5.74, 6) is 0.231. The number of nitrogens with zero attached hydrogens (tertiary/aromatic N) is 6. The second kappa shape index (κ2) is 7.35. The molecule has 0 bridgehead atoms. The van der Waals surface area contributed by atoms with Crippen molar-refractivity contribution in [2.45, 2.75) is 12.8 Å². The molecular formula is C22H20N6O3. The predicted molar refractivity (Wildman–Crippen MR) is 112 cm³/mol. The minimum Gasteiger partial charge on any atom is -0.508 e. The second-order valence-corrected chi connectivity index (χ2v) is 7.58. The molecule has 1 aliphatic rings. The molecule has 1 saturated heterocycles. The minimum atomic E-state index is -0.222. The molecule has 1 aromatic carbocycles. The molecule has 0 radical (unpaired) electrons. The summed E-state index contributed by atoms with van der Waals surface area (Å²) >= 11 is 0. The van der Waals surface area contributed by atoms with Gasteiger partial charge >= 0.3 is 0 Å². The number of amides is 1. The average molecular weight is 416 g/mol. The van der Waals surface area contributed by atoms with Gasteiger partial charge in [-0.1, -0.05) is 12.1 Å². The number of aryl methyl sites for hydroxylation is 1. The van der Waals surface area contributed by atoms with Crippen molar-refractivity contribution in [3.05, 3.63) is 65.9 Å². The number of hydrogen-bond donors (Lipinski definition) is 1. The van der Waals surface area contributed by atoms with Gasteiger partial charge in [0.1, 0.15) is 11.4 Å². The van der Waals surface area contributed by atoms with Gasteiger partial charge in [0, 0.05) is 38.1 Å². The first-order valence-corrected chi connectivity index (χ1v) is 9.98. The Labute approximate surface area is 177 Å². The van der Waals surface area contributed by atoms with Crippen molar-refractivity contribution in [3.63, 3.8) is 0 Å². The number of Topliss-reactive ketones (excluding diaryl/α,β-unsaturated/α-hetero) is 1. The average Bonchev–Trinajstić information content (AvgIpc) is 3.29. The van der Waals surface area contributed by atoms with E-state index in [0.717, 1.165) is 12.0 Å². The van der Waals surface area contributed by atoms with Crippen LogP contribution in [0.1, 0.15) is 33.0 Å². The summed E-state index contributed by atoms with van der Waals surface area (Å²) in [7, 11) is 1.66. The van der Waals surface area contributed by atoms with E-state index in [9.17, 15) is 14.7 Å². The first-order valence-electron chi connectivity index (χ1n) is 9.98. The third-order valence-corrected chi connectivity index (χ3v) is 5.44. The molecule has 1 aliphatic heterocycles. The van der Waals surface area contributed by atoms with Crippen LogP contribution in [-0.4, -0.2) is 58.9 Å². The number of carbonyl (C=O) groups is 2. The smallest absolute Gasteiger partial charge is 0.257 e. The molecule has 1 amide bonds. The zero-order valence-electron chi connectivity index (χ0n) is 16.9. The molecule has 9 heteroatoms. The van der Waals surface area contributed by atoms with E-state index in [-0.39, 0.29) is 23.9 Å². The molecule has 4 heterocycles. The van der Waals surface area contributed by atoms with E-state index in [2.05, 4.69) is 15.1 Å². The standard InChI is InChI=1S/C22H20N6O3/c1-26-20(17(12-23-26)21(31)27-7-3-8-27)19(30)11-15-6-9-28-13-18(25-22(28)24-15)14-4-2-5-16(29)10-14/h2,4-6,9-10,12-13,29H,3,7-8,11H2,1H3. The largest absolute Gasteiger partial charge is 0.508 e. The maximum absolute atomic E-state index is 13.0. The van der Waals surface area contributed by atoms with Crippen molar-refractivity contribution in [2.24, 2.45) is 7.05 Å². The van der Waals surface area contributed by atoms with Crippen molar-refractivity contribution < 1.29 is 14.7 Å². The highest BCUT2D eigenvalue weighted by Crippen LogP contribution is 2.23. The topological polar surface area (TPSA) is 106 Å². The Morgan fingerprint density at radius 1 is 1.16 bits per heavy atom. The molecule has 0 atom stereocenters. The number of ketones is 1. The molecule has 156 valence electrons. The molecule has 5 rings (SSSR count). The normalized spacial score (nSPS) is 13.4. The van der Waals surface area contributed by atoms with Gasteiger partial charge in [-0.05, 0) is 24.6 Å². The summed E-state index contributed by atoms with van der Waals surface area (Å²) in [5.41, 5.74) is 2.62. The number of phenols is 1. The van der Waals surface area contributed by atoms with E-state index in [1.807, 2.05) is 12.3 Å². The van der Waals surface area contributed by atoms with E-state index in [0.29, 0.717) is 41.5 Å². The first-order chi connectivity index (χ1) is 15.0. The highest BCUT2D eigenvalue weighted by molar-refractivity contribution is 6.07. The summed E-state index contributed by atoms with van der Waals surface area (Å²) < 4.78 is 3.21. The molecule has 4 aromatic rings. The van der Waals surface area contributed by atoms with Crippen molar-refractivity contribution >= 4 is 17.5 Å². The van der Waals surface area contributed by atoms with Crippen molar-refractivity contribution in [3.8, 4) is 17.0 Å². The summed E-state index contributed by atoms with van der Waals surface area (Å²) in [6, 6.07) is 8.59. The van der Waals surface area contributed by atoms with Crippen LogP contribution >= 0.6 is 0 Å². The van der Waals surface area contributed by atoms with Crippen LogP contribution in [0.3, 0.4) is 0 Å². The Morgan fingerprint density at radius 3 is 2.74 bits per heavy atom. The predicted octanol–water partition coefficient (Wildman–Crippen LogP) is 2.11. The fraction of sp³-hybridized carbons (Fsp3) is 0.227. The number of aromatic nitrogens is 5. The number of hydrogen-bond acceptors (Lipinski definition) is 6. The fourth-order valence-electron chi connectivity index (χ4n) is 3.67. The molecule has 9 nitrogen and oxygen atoms in total. The molecule has 0 aliphatic carbocycles. The molecule has 0 unspecified atom stereocenters. The van der Waals surface area contributed by atoms with Gasteiger partial charge in [-0.25, -0.2) is 9.97 Å². The van der Waals surface area contributed by atoms with Crippen LogP contribution in [0.2, 0.25) is 0 Å². The van der Waals surface area contributed by atoms with Crippen molar-refractivity contribution in [2.75, 3.05) is 13.1 Å². The number of fused-ring (bicyclic) bond motifs is 1. The highest BCUT2D eigenvalue weighted by Gasteiger charge is 2.28. The Kier molecular flexibility index (Phi) is 4.50. The van der Waals surface area contributed by atoms with Crippen LogP contribution in [0.5, 0.6) is 5.75 Å². The lowest BCUT2D eigenvalue weighted by atomic mass is 10.1. The van der Waals surface area contributed by atoms with E-state index in [1.165, 1.54) is 10.9 Å². The number of imidazole rings is 1. The van der Waals surface area contributed by atoms with E-state index in [1.54, 1.807) is 46.8 Å².